The smallest absolute Gasteiger partial charge is 0.115 e. The van der Waals surface area contributed by atoms with Crippen LogP contribution in [0.25, 0.3) is 0 Å². The molecule has 0 amide bonds. The first kappa shape index (κ1) is 18.4. The van der Waals surface area contributed by atoms with Gasteiger partial charge in [0.1, 0.15) is 5.75 Å². The number of aromatic hydroxyl groups is 1. The number of allylic oxidation sites excluding steroid dienone is 2. The second-order valence-corrected chi connectivity index (χ2v) is 6.87. The quantitative estimate of drug-likeness (QED) is 0.748. The predicted molar refractivity (Wildman–Crippen MR) is 103 cm³/mol. The van der Waals surface area contributed by atoms with Crippen LogP contribution in [0.3, 0.4) is 0 Å². The van der Waals surface area contributed by atoms with Crippen LogP contribution in [0.1, 0.15) is 18.1 Å². The lowest BCUT2D eigenvalue weighted by Crippen LogP contribution is -2.26. The van der Waals surface area contributed by atoms with Gasteiger partial charge in [-0.25, -0.2) is 0 Å². The molecule has 0 spiro atoms. The van der Waals surface area contributed by atoms with Crippen LogP contribution in [0.5, 0.6) is 5.75 Å². The fourth-order valence-corrected chi connectivity index (χ4v) is 3.81. The van der Waals surface area contributed by atoms with E-state index in [0.717, 1.165) is 29.6 Å². The molecular formula is C23H25O3. The molecule has 0 saturated carbocycles. The van der Waals surface area contributed by atoms with Gasteiger partial charge in [0.25, 0.3) is 0 Å². The summed E-state index contributed by atoms with van der Waals surface area (Å²) in [6, 6.07) is 17.5. The van der Waals surface area contributed by atoms with Crippen LogP contribution in [0.2, 0.25) is 0 Å². The van der Waals surface area contributed by atoms with Crippen molar-refractivity contribution in [1.29, 1.82) is 0 Å². The molecule has 2 aromatic carbocycles. The molecule has 2 aromatic rings. The van der Waals surface area contributed by atoms with Gasteiger partial charge in [-0.3, -0.25) is 0 Å². The number of aliphatic hydroxyl groups is 2. The highest BCUT2D eigenvalue weighted by molar-refractivity contribution is 5.43. The molecule has 2 unspecified atom stereocenters. The summed E-state index contributed by atoms with van der Waals surface area (Å²) in [5, 5.41) is 29.5. The van der Waals surface area contributed by atoms with Crippen molar-refractivity contribution < 1.29 is 15.3 Å². The largest absolute Gasteiger partial charge is 0.508 e. The zero-order valence-electron chi connectivity index (χ0n) is 15.0. The van der Waals surface area contributed by atoms with Gasteiger partial charge in [-0.15, -0.1) is 0 Å². The van der Waals surface area contributed by atoms with Crippen molar-refractivity contribution in [3.05, 3.63) is 88.5 Å². The Hall–Kier alpha value is -2.36. The van der Waals surface area contributed by atoms with E-state index in [9.17, 15) is 15.3 Å². The third kappa shape index (κ3) is 4.06. The minimum absolute atomic E-state index is 0.103. The summed E-state index contributed by atoms with van der Waals surface area (Å²) in [5.41, 5.74) is 4.90. The molecule has 0 fully saturated rings. The Morgan fingerprint density at radius 3 is 2.31 bits per heavy atom. The maximum absolute atomic E-state index is 9.99. The lowest BCUT2D eigenvalue weighted by molar-refractivity contribution is 0.298. The van der Waals surface area contributed by atoms with Gasteiger partial charge in [-0.2, -0.15) is 0 Å². The highest BCUT2D eigenvalue weighted by Crippen LogP contribution is 2.37. The minimum Gasteiger partial charge on any atom is -0.508 e. The van der Waals surface area contributed by atoms with Gasteiger partial charge in [0.15, 0.2) is 0 Å². The number of benzene rings is 2. The van der Waals surface area contributed by atoms with E-state index in [0.29, 0.717) is 5.57 Å². The first-order chi connectivity index (χ1) is 12.6. The predicted octanol–water partition coefficient (Wildman–Crippen LogP) is 3.45. The molecule has 1 radical (unpaired) electrons. The van der Waals surface area contributed by atoms with E-state index in [4.69, 9.17) is 0 Å². The van der Waals surface area contributed by atoms with Crippen molar-refractivity contribution in [2.24, 2.45) is 11.8 Å². The first-order valence-corrected chi connectivity index (χ1v) is 9.00. The van der Waals surface area contributed by atoms with Gasteiger partial charge in [-0.1, -0.05) is 55.0 Å². The molecule has 2 atom stereocenters. The molecule has 1 aliphatic rings. The van der Waals surface area contributed by atoms with Crippen LogP contribution in [0.15, 0.2) is 71.3 Å². The number of phenols is 1. The molecule has 3 rings (SSSR count). The van der Waals surface area contributed by atoms with Crippen molar-refractivity contribution in [1.82, 2.24) is 0 Å². The highest BCUT2D eigenvalue weighted by Gasteiger charge is 2.29. The number of hydrogen-bond donors (Lipinski definition) is 3. The lowest BCUT2D eigenvalue weighted by Gasteiger charge is -2.33. The highest BCUT2D eigenvalue weighted by atomic mass is 16.3. The molecule has 1 aliphatic carbocycles. The Morgan fingerprint density at radius 1 is 0.923 bits per heavy atom. The number of hydrogen-bond acceptors (Lipinski definition) is 3. The summed E-state index contributed by atoms with van der Waals surface area (Å²) in [4.78, 5) is 0. The SMILES string of the molecule is CC1[C]=C(CO)C(CO)=C(Cc2ccccc2)C1Cc1cccc(O)c1. The van der Waals surface area contributed by atoms with Crippen molar-refractivity contribution in [2.75, 3.05) is 13.2 Å². The maximum atomic E-state index is 9.99. The third-order valence-corrected chi connectivity index (χ3v) is 5.12. The third-order valence-electron chi connectivity index (χ3n) is 5.12. The van der Waals surface area contributed by atoms with Crippen LogP contribution < -0.4 is 0 Å². The summed E-state index contributed by atoms with van der Waals surface area (Å²) >= 11 is 0. The van der Waals surface area contributed by atoms with E-state index >= 15 is 0 Å². The second-order valence-electron chi connectivity index (χ2n) is 6.87. The van der Waals surface area contributed by atoms with E-state index in [2.05, 4.69) is 25.1 Å². The Morgan fingerprint density at radius 2 is 1.65 bits per heavy atom. The monoisotopic (exact) mass is 349 g/mol. The molecule has 0 bridgehead atoms. The van der Waals surface area contributed by atoms with Gasteiger partial charge >= 0.3 is 0 Å². The van der Waals surface area contributed by atoms with Gasteiger partial charge in [0.2, 0.25) is 0 Å². The standard InChI is InChI=1S/C23H25O3/c1-16-10-19(14-24)23(15-25)22(12-17-6-3-2-4-7-17)21(16)13-18-8-5-9-20(26)11-18/h2-9,11,16,21,24-26H,12-15H2,1H3. The Bertz CT molecular complexity index is 805. The topological polar surface area (TPSA) is 60.7 Å². The first-order valence-electron chi connectivity index (χ1n) is 9.00. The zero-order valence-corrected chi connectivity index (χ0v) is 15.0. The van der Waals surface area contributed by atoms with E-state index in [-0.39, 0.29) is 30.8 Å². The van der Waals surface area contributed by atoms with Gasteiger partial charge in [0, 0.05) is 0 Å². The van der Waals surface area contributed by atoms with Crippen LogP contribution in [0, 0.1) is 17.9 Å². The molecule has 26 heavy (non-hydrogen) atoms. The molecule has 0 saturated heterocycles. The molecule has 0 aromatic heterocycles. The Kier molecular flexibility index (Phi) is 5.92. The second kappa shape index (κ2) is 8.35. The number of rotatable bonds is 6. The van der Waals surface area contributed by atoms with E-state index < -0.39 is 0 Å². The van der Waals surface area contributed by atoms with Crippen molar-refractivity contribution >= 4 is 0 Å². The van der Waals surface area contributed by atoms with E-state index in [1.165, 1.54) is 5.56 Å². The lowest BCUT2D eigenvalue weighted by atomic mass is 9.72. The molecule has 0 heterocycles. The molecule has 0 aliphatic heterocycles. The molecule has 3 nitrogen and oxygen atoms in total. The summed E-state index contributed by atoms with van der Waals surface area (Å²) in [5.74, 6) is 0.542. The van der Waals surface area contributed by atoms with Gasteiger partial charge < -0.3 is 15.3 Å². The average Bonchev–Trinajstić information content (AvgIpc) is 2.65. The maximum Gasteiger partial charge on any atom is 0.115 e. The normalized spacial score (nSPS) is 20.2. The summed E-state index contributed by atoms with van der Waals surface area (Å²) < 4.78 is 0. The van der Waals surface area contributed by atoms with Gasteiger partial charge in [0.05, 0.1) is 13.2 Å². The Labute approximate surface area is 155 Å². The van der Waals surface area contributed by atoms with Crippen molar-refractivity contribution in [2.45, 2.75) is 19.8 Å². The van der Waals surface area contributed by atoms with E-state index in [1.54, 1.807) is 12.1 Å². The summed E-state index contributed by atoms with van der Waals surface area (Å²) in [6.45, 7) is 1.88. The summed E-state index contributed by atoms with van der Waals surface area (Å²) in [6.07, 6.45) is 4.84. The van der Waals surface area contributed by atoms with Crippen LogP contribution >= 0.6 is 0 Å². The number of aliphatic hydroxyl groups excluding tert-OH is 2. The molecular weight excluding hydrogens is 324 g/mol. The van der Waals surface area contributed by atoms with E-state index in [1.807, 2.05) is 30.3 Å². The van der Waals surface area contributed by atoms with Crippen LogP contribution in [-0.2, 0) is 12.8 Å². The minimum atomic E-state index is -0.114. The Balaban J connectivity index is 1.99. The number of phenolic OH excluding ortho intramolecular Hbond substituents is 1. The molecule has 3 N–H and O–H groups in total. The van der Waals surface area contributed by atoms with Crippen molar-refractivity contribution in [3.63, 3.8) is 0 Å². The molecule has 135 valence electrons. The zero-order chi connectivity index (χ0) is 18.5. The van der Waals surface area contributed by atoms with Crippen molar-refractivity contribution in [3.8, 4) is 5.75 Å². The van der Waals surface area contributed by atoms with Gasteiger partial charge in [-0.05, 0) is 65.2 Å². The fourth-order valence-electron chi connectivity index (χ4n) is 3.81. The average molecular weight is 349 g/mol. The fraction of sp³-hybridized carbons (Fsp3) is 0.304. The van der Waals surface area contributed by atoms with Crippen LogP contribution in [0.4, 0.5) is 0 Å². The summed E-state index contributed by atoms with van der Waals surface area (Å²) in [7, 11) is 0. The molecule has 3 heteroatoms. The van der Waals surface area contributed by atoms with Crippen LogP contribution in [-0.4, -0.2) is 28.5 Å².